The lowest BCUT2D eigenvalue weighted by atomic mass is 10.1. The number of fused-ring (bicyclic) bond motifs is 1. The predicted octanol–water partition coefficient (Wildman–Crippen LogP) is 2.69. The molecule has 0 radical (unpaired) electrons. The van der Waals surface area contributed by atoms with Crippen molar-refractivity contribution < 1.29 is 9.53 Å². The normalized spacial score (nSPS) is 14.1. The molecule has 0 bridgehead atoms. The number of allylic oxidation sites excluding steroid dienone is 1. The molecule has 76 valence electrons. The van der Waals surface area contributed by atoms with Gasteiger partial charge in [0.05, 0.1) is 0 Å². The minimum atomic E-state index is -0.0110. The summed E-state index contributed by atoms with van der Waals surface area (Å²) in [4.78, 5) is 11.1. The highest BCUT2D eigenvalue weighted by atomic mass is 16.5. The van der Waals surface area contributed by atoms with Crippen molar-refractivity contribution in [2.45, 2.75) is 6.92 Å². The molecule has 0 amide bonds. The lowest BCUT2D eigenvalue weighted by Crippen LogP contribution is -2.06. The Kier molecular flexibility index (Phi) is 2.42. The molecule has 15 heavy (non-hydrogen) atoms. The van der Waals surface area contributed by atoms with Gasteiger partial charge in [-0.05, 0) is 30.7 Å². The first-order chi connectivity index (χ1) is 7.16. The van der Waals surface area contributed by atoms with Gasteiger partial charge in [-0.25, -0.2) is 0 Å². The molecule has 0 atom stereocenters. The number of ether oxygens (including phenoxy) is 1. The summed E-state index contributed by atoms with van der Waals surface area (Å²) in [5, 5.41) is 0. The Morgan fingerprint density at radius 1 is 1.40 bits per heavy atom. The fourth-order valence-electron chi connectivity index (χ4n) is 1.44. The molecule has 1 heterocycles. The summed E-state index contributed by atoms with van der Waals surface area (Å²) in [6, 6.07) is 5.83. The monoisotopic (exact) mass is 200 g/mol. The van der Waals surface area contributed by atoms with Crippen LogP contribution in [0.25, 0.3) is 11.6 Å². The predicted molar refractivity (Wildman–Crippen MR) is 60.7 cm³/mol. The Balaban J connectivity index is 2.44. The Labute approximate surface area is 88.9 Å². The number of benzene rings is 1. The van der Waals surface area contributed by atoms with Crippen LogP contribution in [-0.2, 0) is 4.79 Å². The Morgan fingerprint density at radius 2 is 2.20 bits per heavy atom. The van der Waals surface area contributed by atoms with E-state index in [-0.39, 0.29) is 12.4 Å². The van der Waals surface area contributed by atoms with E-state index in [2.05, 4.69) is 6.58 Å². The standard InChI is InChI=1S/C13H12O2/c1-9(2)11-4-3-10-5-6-12(14)8-15-13(10)7-11/h3-7H,1,8H2,2H3. The van der Waals surface area contributed by atoms with Crippen molar-refractivity contribution in [1.82, 2.24) is 0 Å². The van der Waals surface area contributed by atoms with Crippen molar-refractivity contribution >= 4 is 17.4 Å². The van der Waals surface area contributed by atoms with E-state index >= 15 is 0 Å². The summed E-state index contributed by atoms with van der Waals surface area (Å²) in [7, 11) is 0. The van der Waals surface area contributed by atoms with Crippen molar-refractivity contribution in [1.29, 1.82) is 0 Å². The molecule has 0 N–H and O–H groups in total. The lowest BCUT2D eigenvalue weighted by molar-refractivity contribution is -0.116. The highest BCUT2D eigenvalue weighted by Crippen LogP contribution is 2.26. The van der Waals surface area contributed by atoms with Gasteiger partial charge in [0.15, 0.2) is 12.4 Å². The van der Waals surface area contributed by atoms with Gasteiger partial charge in [-0.2, -0.15) is 0 Å². The molecule has 0 saturated heterocycles. The molecule has 0 aromatic heterocycles. The van der Waals surface area contributed by atoms with Gasteiger partial charge in [0, 0.05) is 5.56 Å². The first-order valence-corrected chi connectivity index (χ1v) is 4.80. The Hall–Kier alpha value is -1.83. The summed E-state index contributed by atoms with van der Waals surface area (Å²) in [6.45, 7) is 5.93. The van der Waals surface area contributed by atoms with Gasteiger partial charge in [0.2, 0.25) is 0 Å². The molecule has 0 aliphatic carbocycles. The van der Waals surface area contributed by atoms with Crippen LogP contribution in [0.2, 0.25) is 0 Å². The molecule has 1 aromatic carbocycles. The second-order valence-corrected chi connectivity index (χ2v) is 3.62. The van der Waals surface area contributed by atoms with Gasteiger partial charge in [-0.15, -0.1) is 0 Å². The average Bonchev–Trinajstić information content (AvgIpc) is 2.40. The maximum Gasteiger partial charge on any atom is 0.193 e. The third-order valence-corrected chi connectivity index (χ3v) is 2.33. The van der Waals surface area contributed by atoms with E-state index in [1.807, 2.05) is 25.1 Å². The minimum Gasteiger partial charge on any atom is -0.485 e. The van der Waals surface area contributed by atoms with Crippen molar-refractivity contribution in [3.05, 3.63) is 42.0 Å². The van der Waals surface area contributed by atoms with E-state index in [1.165, 1.54) is 0 Å². The number of ketones is 1. The average molecular weight is 200 g/mol. The molecule has 1 aromatic rings. The van der Waals surface area contributed by atoms with Crippen LogP contribution >= 0.6 is 0 Å². The fourth-order valence-corrected chi connectivity index (χ4v) is 1.44. The Morgan fingerprint density at radius 3 is 2.93 bits per heavy atom. The van der Waals surface area contributed by atoms with Gasteiger partial charge in [-0.3, -0.25) is 4.79 Å². The van der Waals surface area contributed by atoms with E-state index in [4.69, 9.17) is 4.74 Å². The molecular weight excluding hydrogens is 188 g/mol. The summed E-state index contributed by atoms with van der Waals surface area (Å²) in [5.74, 6) is 0.737. The summed E-state index contributed by atoms with van der Waals surface area (Å²) >= 11 is 0. The maximum absolute atomic E-state index is 11.1. The van der Waals surface area contributed by atoms with Gasteiger partial charge >= 0.3 is 0 Å². The lowest BCUT2D eigenvalue weighted by Gasteiger charge is -2.08. The second-order valence-electron chi connectivity index (χ2n) is 3.62. The van der Waals surface area contributed by atoms with E-state index in [1.54, 1.807) is 12.2 Å². The molecule has 0 unspecified atom stereocenters. The van der Waals surface area contributed by atoms with Crippen LogP contribution in [0.5, 0.6) is 5.75 Å². The van der Waals surface area contributed by atoms with Gasteiger partial charge in [0.25, 0.3) is 0 Å². The van der Waals surface area contributed by atoms with Crippen LogP contribution in [0.1, 0.15) is 18.1 Å². The third-order valence-electron chi connectivity index (χ3n) is 2.33. The zero-order valence-corrected chi connectivity index (χ0v) is 8.62. The molecule has 0 saturated carbocycles. The van der Waals surface area contributed by atoms with Crippen molar-refractivity contribution in [3.63, 3.8) is 0 Å². The smallest absolute Gasteiger partial charge is 0.193 e. The number of carbonyl (C=O) groups excluding carboxylic acids is 1. The van der Waals surface area contributed by atoms with E-state index in [0.717, 1.165) is 22.4 Å². The van der Waals surface area contributed by atoms with E-state index in [0.29, 0.717) is 0 Å². The summed E-state index contributed by atoms with van der Waals surface area (Å²) in [5.41, 5.74) is 2.96. The quantitative estimate of drug-likeness (QED) is 0.696. The number of carbonyl (C=O) groups is 1. The first kappa shape index (κ1) is 9.71. The van der Waals surface area contributed by atoms with E-state index in [9.17, 15) is 4.79 Å². The van der Waals surface area contributed by atoms with Gasteiger partial charge < -0.3 is 4.74 Å². The van der Waals surface area contributed by atoms with Crippen LogP contribution in [0, 0.1) is 0 Å². The van der Waals surface area contributed by atoms with Gasteiger partial charge in [0.1, 0.15) is 5.75 Å². The Bertz CT molecular complexity index is 456. The molecular formula is C13H12O2. The van der Waals surface area contributed by atoms with Gasteiger partial charge in [-0.1, -0.05) is 24.3 Å². The van der Waals surface area contributed by atoms with Crippen LogP contribution in [0.15, 0.2) is 30.9 Å². The molecule has 2 rings (SSSR count). The van der Waals surface area contributed by atoms with Crippen molar-refractivity contribution in [2.75, 3.05) is 6.61 Å². The molecule has 1 aliphatic heterocycles. The minimum absolute atomic E-state index is 0.0110. The third kappa shape index (κ3) is 1.99. The second kappa shape index (κ2) is 3.73. The van der Waals surface area contributed by atoms with Crippen LogP contribution in [-0.4, -0.2) is 12.4 Å². The number of hydrogen-bond acceptors (Lipinski definition) is 2. The maximum atomic E-state index is 11.1. The molecule has 0 spiro atoms. The summed E-state index contributed by atoms with van der Waals surface area (Å²) in [6.07, 6.45) is 3.33. The number of rotatable bonds is 1. The van der Waals surface area contributed by atoms with Crippen molar-refractivity contribution in [3.8, 4) is 5.75 Å². The van der Waals surface area contributed by atoms with Crippen LogP contribution in [0.3, 0.4) is 0 Å². The zero-order valence-electron chi connectivity index (χ0n) is 8.62. The first-order valence-electron chi connectivity index (χ1n) is 4.80. The highest BCUT2D eigenvalue weighted by Gasteiger charge is 2.09. The molecule has 0 fully saturated rings. The summed E-state index contributed by atoms with van der Waals surface area (Å²) < 4.78 is 5.40. The van der Waals surface area contributed by atoms with Crippen LogP contribution in [0.4, 0.5) is 0 Å². The SMILES string of the molecule is C=C(C)c1ccc2c(c1)OCC(=O)C=C2. The molecule has 2 heteroatoms. The van der Waals surface area contributed by atoms with Crippen LogP contribution < -0.4 is 4.74 Å². The molecule has 1 aliphatic rings. The topological polar surface area (TPSA) is 26.3 Å². The molecule has 2 nitrogen and oxygen atoms in total. The van der Waals surface area contributed by atoms with Crippen molar-refractivity contribution in [2.24, 2.45) is 0 Å². The number of hydrogen-bond donors (Lipinski definition) is 0. The highest BCUT2D eigenvalue weighted by molar-refractivity contribution is 5.96. The fraction of sp³-hybridized carbons (Fsp3) is 0.154. The largest absolute Gasteiger partial charge is 0.485 e. The van der Waals surface area contributed by atoms with E-state index < -0.39 is 0 Å². The zero-order chi connectivity index (χ0) is 10.8.